The molecule has 1 heterocycles. The molecule has 1 aromatic carbocycles. The molecule has 0 saturated carbocycles. The normalized spacial score (nSPS) is 16.4. The lowest BCUT2D eigenvalue weighted by atomic mass is 9.91. The van der Waals surface area contributed by atoms with Gasteiger partial charge in [0.15, 0.2) is 0 Å². The third kappa shape index (κ3) is 3.35. The quantitative estimate of drug-likeness (QED) is 0.852. The predicted octanol–water partition coefficient (Wildman–Crippen LogP) is 3.17. The second-order valence-corrected chi connectivity index (χ2v) is 5.33. The minimum absolute atomic E-state index is 0.0269. The van der Waals surface area contributed by atoms with Crippen molar-refractivity contribution in [3.05, 3.63) is 34.9 Å². The summed E-state index contributed by atoms with van der Waals surface area (Å²) in [6.07, 6.45) is 2.16. The van der Waals surface area contributed by atoms with E-state index in [-0.39, 0.29) is 11.8 Å². The highest BCUT2D eigenvalue weighted by molar-refractivity contribution is 6.30. The topological polar surface area (TPSA) is 37.4 Å². The third-order valence-electron chi connectivity index (χ3n) is 3.68. The summed E-state index contributed by atoms with van der Waals surface area (Å²) in [5, 5.41) is 0.629. The van der Waals surface area contributed by atoms with Crippen molar-refractivity contribution in [3.63, 3.8) is 0 Å². The van der Waals surface area contributed by atoms with Crippen LogP contribution in [0, 0.1) is 5.92 Å². The first-order chi connectivity index (χ1) is 9.11. The van der Waals surface area contributed by atoms with Crippen LogP contribution in [0.4, 0.5) is 0 Å². The number of hydrogen-bond donors (Lipinski definition) is 0. The van der Waals surface area contributed by atoms with E-state index in [9.17, 15) is 9.59 Å². The summed E-state index contributed by atoms with van der Waals surface area (Å²) in [7, 11) is 0. The molecule has 1 saturated heterocycles. The number of nitrogens with zero attached hydrogens (tertiary/aromatic N) is 1. The van der Waals surface area contributed by atoms with Crippen molar-refractivity contribution >= 4 is 23.3 Å². The van der Waals surface area contributed by atoms with Gasteiger partial charge in [-0.1, -0.05) is 18.5 Å². The maximum absolute atomic E-state index is 12.3. The zero-order valence-corrected chi connectivity index (χ0v) is 11.8. The average molecular weight is 280 g/mol. The van der Waals surface area contributed by atoms with Crippen LogP contribution in [-0.2, 0) is 4.79 Å². The van der Waals surface area contributed by atoms with Gasteiger partial charge in [-0.25, -0.2) is 0 Å². The van der Waals surface area contributed by atoms with E-state index < -0.39 is 0 Å². The molecule has 0 bridgehead atoms. The fourth-order valence-corrected chi connectivity index (χ4v) is 2.59. The maximum Gasteiger partial charge on any atom is 0.253 e. The maximum atomic E-state index is 12.3. The Morgan fingerprint density at radius 2 is 1.79 bits per heavy atom. The van der Waals surface area contributed by atoms with E-state index in [1.54, 1.807) is 24.3 Å². The van der Waals surface area contributed by atoms with Crippen LogP contribution in [0.3, 0.4) is 0 Å². The summed E-state index contributed by atoms with van der Waals surface area (Å²) >= 11 is 5.81. The van der Waals surface area contributed by atoms with E-state index >= 15 is 0 Å². The molecule has 3 nitrogen and oxygen atoms in total. The van der Waals surface area contributed by atoms with Gasteiger partial charge in [-0.3, -0.25) is 9.59 Å². The van der Waals surface area contributed by atoms with Crippen molar-refractivity contribution in [2.45, 2.75) is 26.2 Å². The molecule has 1 aromatic rings. The molecule has 0 radical (unpaired) electrons. The van der Waals surface area contributed by atoms with Gasteiger partial charge in [0.05, 0.1) is 0 Å². The minimum Gasteiger partial charge on any atom is -0.339 e. The van der Waals surface area contributed by atoms with Gasteiger partial charge >= 0.3 is 0 Å². The van der Waals surface area contributed by atoms with E-state index in [0.29, 0.717) is 35.9 Å². The van der Waals surface area contributed by atoms with Gasteiger partial charge in [-0.05, 0) is 37.1 Å². The van der Waals surface area contributed by atoms with Gasteiger partial charge in [-0.2, -0.15) is 0 Å². The van der Waals surface area contributed by atoms with Crippen LogP contribution in [0.1, 0.15) is 36.5 Å². The van der Waals surface area contributed by atoms with Crippen LogP contribution >= 0.6 is 11.6 Å². The van der Waals surface area contributed by atoms with Gasteiger partial charge in [0.25, 0.3) is 5.91 Å². The fraction of sp³-hybridized carbons (Fsp3) is 0.467. The van der Waals surface area contributed by atoms with Gasteiger partial charge in [0.2, 0.25) is 0 Å². The van der Waals surface area contributed by atoms with E-state index in [1.807, 2.05) is 11.8 Å². The smallest absolute Gasteiger partial charge is 0.253 e. The van der Waals surface area contributed by atoms with Crippen molar-refractivity contribution in [1.82, 2.24) is 4.90 Å². The largest absolute Gasteiger partial charge is 0.339 e. The Hall–Kier alpha value is -1.35. The molecule has 1 aliphatic heterocycles. The van der Waals surface area contributed by atoms with Crippen LogP contribution in [0.15, 0.2) is 24.3 Å². The third-order valence-corrected chi connectivity index (χ3v) is 3.93. The van der Waals surface area contributed by atoms with Crippen LogP contribution in [0.5, 0.6) is 0 Å². The summed E-state index contributed by atoms with van der Waals surface area (Å²) in [6, 6.07) is 6.94. The Morgan fingerprint density at radius 1 is 1.21 bits per heavy atom. The molecular formula is C15H18ClNO2. The van der Waals surface area contributed by atoms with Gasteiger partial charge in [0.1, 0.15) is 5.78 Å². The summed E-state index contributed by atoms with van der Waals surface area (Å²) in [5.41, 5.74) is 0.657. The van der Waals surface area contributed by atoms with E-state index in [1.165, 1.54) is 0 Å². The molecule has 1 aliphatic rings. The number of ketones is 1. The molecule has 1 amide bonds. The number of rotatable bonds is 3. The van der Waals surface area contributed by atoms with E-state index in [0.717, 1.165) is 12.8 Å². The van der Waals surface area contributed by atoms with E-state index in [2.05, 4.69) is 0 Å². The summed E-state index contributed by atoms with van der Waals surface area (Å²) < 4.78 is 0. The first-order valence-corrected chi connectivity index (χ1v) is 7.07. The Balaban J connectivity index is 1.96. The number of carbonyl (C=O) groups excluding carboxylic acids is 2. The van der Waals surface area contributed by atoms with Crippen molar-refractivity contribution in [2.75, 3.05) is 13.1 Å². The Kier molecular flexibility index (Phi) is 4.59. The highest BCUT2D eigenvalue weighted by Crippen LogP contribution is 2.21. The molecular weight excluding hydrogens is 262 g/mol. The highest BCUT2D eigenvalue weighted by atomic mass is 35.5. The van der Waals surface area contributed by atoms with Crippen LogP contribution < -0.4 is 0 Å². The summed E-state index contributed by atoms with van der Waals surface area (Å²) in [4.78, 5) is 25.7. The van der Waals surface area contributed by atoms with Crippen molar-refractivity contribution in [2.24, 2.45) is 5.92 Å². The monoisotopic (exact) mass is 279 g/mol. The predicted molar refractivity (Wildman–Crippen MR) is 75.4 cm³/mol. The first-order valence-electron chi connectivity index (χ1n) is 6.69. The molecule has 0 aliphatic carbocycles. The molecule has 0 spiro atoms. The molecule has 0 N–H and O–H groups in total. The van der Waals surface area contributed by atoms with Crippen LogP contribution in [0.25, 0.3) is 0 Å². The molecule has 2 rings (SSSR count). The Morgan fingerprint density at radius 3 is 2.32 bits per heavy atom. The van der Waals surface area contributed by atoms with E-state index in [4.69, 9.17) is 11.6 Å². The number of amides is 1. The van der Waals surface area contributed by atoms with Gasteiger partial charge in [0, 0.05) is 36.0 Å². The van der Waals surface area contributed by atoms with Crippen molar-refractivity contribution < 1.29 is 9.59 Å². The van der Waals surface area contributed by atoms with Crippen LogP contribution in [-0.4, -0.2) is 29.7 Å². The van der Waals surface area contributed by atoms with Crippen LogP contribution in [0.2, 0.25) is 5.02 Å². The first kappa shape index (κ1) is 14.1. The molecule has 19 heavy (non-hydrogen) atoms. The lowest BCUT2D eigenvalue weighted by Crippen LogP contribution is -2.40. The number of likely N-dealkylation sites (tertiary alicyclic amines) is 1. The van der Waals surface area contributed by atoms with Gasteiger partial charge in [-0.15, -0.1) is 0 Å². The molecule has 0 aromatic heterocycles. The molecule has 102 valence electrons. The number of hydrogen-bond acceptors (Lipinski definition) is 2. The number of carbonyl (C=O) groups is 2. The number of halogens is 1. The van der Waals surface area contributed by atoms with Crippen molar-refractivity contribution in [3.8, 4) is 0 Å². The average Bonchev–Trinajstić information content (AvgIpc) is 2.46. The SMILES string of the molecule is CCC(=O)C1CCN(C(=O)c2ccc(Cl)cc2)CC1. The standard InChI is InChI=1S/C15H18ClNO2/c1-2-14(18)11-7-9-17(10-8-11)15(19)12-3-5-13(16)6-4-12/h3-6,11H,2,7-10H2,1H3. The minimum atomic E-state index is 0.0269. The van der Waals surface area contributed by atoms with Gasteiger partial charge < -0.3 is 4.90 Å². The lowest BCUT2D eigenvalue weighted by Gasteiger charge is -2.31. The second-order valence-electron chi connectivity index (χ2n) is 4.89. The highest BCUT2D eigenvalue weighted by Gasteiger charge is 2.26. The molecule has 0 unspecified atom stereocenters. The Labute approximate surface area is 118 Å². The lowest BCUT2D eigenvalue weighted by molar-refractivity contribution is -0.123. The summed E-state index contributed by atoms with van der Waals surface area (Å²) in [5.74, 6) is 0.483. The zero-order valence-electron chi connectivity index (χ0n) is 11.1. The summed E-state index contributed by atoms with van der Waals surface area (Å²) in [6.45, 7) is 3.23. The van der Waals surface area contributed by atoms with Crippen molar-refractivity contribution in [1.29, 1.82) is 0 Å². The number of benzene rings is 1. The second kappa shape index (κ2) is 6.20. The molecule has 0 atom stereocenters. The Bertz CT molecular complexity index is 462. The zero-order chi connectivity index (χ0) is 13.8. The number of Topliss-reactive ketones (excluding diaryl/α,β-unsaturated/α-hetero) is 1. The fourth-order valence-electron chi connectivity index (χ4n) is 2.47. The molecule has 4 heteroatoms. The molecule has 1 fully saturated rings. The number of piperidine rings is 1.